The highest BCUT2D eigenvalue weighted by Crippen LogP contribution is 2.24. The summed E-state index contributed by atoms with van der Waals surface area (Å²) >= 11 is 0. The van der Waals surface area contributed by atoms with Crippen LogP contribution in [0.1, 0.15) is 53.4 Å². The van der Waals surface area contributed by atoms with E-state index in [1.165, 1.54) is 0 Å². The lowest BCUT2D eigenvalue weighted by Crippen LogP contribution is -2.59. The number of nitrogens with zero attached hydrogens (tertiary/aromatic N) is 2. The van der Waals surface area contributed by atoms with Gasteiger partial charge in [-0.2, -0.15) is 0 Å². The van der Waals surface area contributed by atoms with Crippen LogP contribution in [0.15, 0.2) is 0 Å². The zero-order valence-corrected chi connectivity index (χ0v) is 15.6. The summed E-state index contributed by atoms with van der Waals surface area (Å²) in [6.45, 7) is 9.32. The highest BCUT2D eigenvalue weighted by atomic mass is 32.2. The molecule has 2 amide bonds. The van der Waals surface area contributed by atoms with Gasteiger partial charge in [-0.3, -0.25) is 13.8 Å². The fraction of sp³-hybridized carbons (Fsp3) is 0.882. The van der Waals surface area contributed by atoms with Crippen LogP contribution >= 0.6 is 0 Å². The SMILES string of the molecule is CC(C)C[C@H](C(=O)N1CC[S@](=O)[C@@H](C)[C@H]1C)N1CCCCC1=O. The van der Waals surface area contributed by atoms with E-state index in [2.05, 4.69) is 13.8 Å². The number of carbonyl (C=O) groups excluding carboxylic acids is 2. The first-order valence-electron chi connectivity index (χ1n) is 8.80. The van der Waals surface area contributed by atoms with Gasteiger partial charge in [0.2, 0.25) is 11.8 Å². The number of rotatable bonds is 4. The second kappa shape index (κ2) is 7.77. The average Bonchev–Trinajstić information content (AvgIpc) is 2.50. The normalized spacial score (nSPS) is 30.7. The number of amides is 2. The van der Waals surface area contributed by atoms with E-state index in [0.717, 1.165) is 12.8 Å². The van der Waals surface area contributed by atoms with Crippen molar-refractivity contribution in [2.24, 2.45) is 5.92 Å². The molecule has 0 N–H and O–H groups in total. The lowest BCUT2D eigenvalue weighted by molar-refractivity contribution is -0.149. The minimum atomic E-state index is -0.862. The summed E-state index contributed by atoms with van der Waals surface area (Å²) in [5.41, 5.74) is 0. The van der Waals surface area contributed by atoms with Crippen molar-refractivity contribution in [3.63, 3.8) is 0 Å². The summed E-state index contributed by atoms with van der Waals surface area (Å²) in [6.07, 6.45) is 3.15. The lowest BCUT2D eigenvalue weighted by Gasteiger charge is -2.42. The highest BCUT2D eigenvalue weighted by molar-refractivity contribution is 7.85. The molecule has 0 aliphatic carbocycles. The minimum absolute atomic E-state index is 0.00976. The zero-order valence-electron chi connectivity index (χ0n) is 14.8. The smallest absolute Gasteiger partial charge is 0.245 e. The summed E-state index contributed by atoms with van der Waals surface area (Å²) in [6, 6.07) is -0.393. The largest absolute Gasteiger partial charge is 0.336 e. The predicted octanol–water partition coefficient (Wildman–Crippen LogP) is 1.78. The Labute approximate surface area is 142 Å². The first kappa shape index (κ1) is 18.4. The van der Waals surface area contributed by atoms with E-state index >= 15 is 0 Å². The Morgan fingerprint density at radius 1 is 1.26 bits per heavy atom. The van der Waals surface area contributed by atoms with Crippen molar-refractivity contribution in [3.8, 4) is 0 Å². The third kappa shape index (κ3) is 4.14. The second-order valence-corrected chi connectivity index (χ2v) is 9.17. The zero-order chi connectivity index (χ0) is 17.1. The minimum Gasteiger partial charge on any atom is -0.336 e. The fourth-order valence-electron chi connectivity index (χ4n) is 3.52. The van der Waals surface area contributed by atoms with Crippen LogP contribution in [0, 0.1) is 5.92 Å². The maximum absolute atomic E-state index is 13.2. The third-order valence-corrected chi connectivity index (χ3v) is 6.93. The van der Waals surface area contributed by atoms with E-state index in [0.29, 0.717) is 37.6 Å². The number of likely N-dealkylation sites (tertiary alicyclic amines) is 1. The van der Waals surface area contributed by atoms with Crippen LogP contribution in [0.25, 0.3) is 0 Å². The molecule has 4 atom stereocenters. The molecule has 2 fully saturated rings. The number of hydrogen-bond acceptors (Lipinski definition) is 3. The molecular weight excluding hydrogens is 312 g/mol. The van der Waals surface area contributed by atoms with E-state index in [1.807, 2.05) is 18.7 Å². The Balaban J connectivity index is 2.19. The first-order valence-corrected chi connectivity index (χ1v) is 10.2. The van der Waals surface area contributed by atoms with Crippen LogP contribution in [-0.4, -0.2) is 62.0 Å². The molecule has 0 bridgehead atoms. The standard InChI is InChI=1S/C17H30N2O3S/c1-12(2)11-15(19-8-6-5-7-16(19)20)17(21)18-9-10-23(22)14(4)13(18)3/h12-15H,5-11H2,1-4H3/t13-,14+,15-,23+/m1/s1. The van der Waals surface area contributed by atoms with Crippen LogP contribution in [0.2, 0.25) is 0 Å². The molecule has 0 spiro atoms. The molecule has 5 nitrogen and oxygen atoms in total. The molecule has 6 heteroatoms. The molecule has 0 unspecified atom stereocenters. The Hall–Kier alpha value is -0.910. The number of hydrogen-bond donors (Lipinski definition) is 0. The topological polar surface area (TPSA) is 57.7 Å². The summed E-state index contributed by atoms with van der Waals surface area (Å²) in [5, 5.41) is -0.00976. The molecule has 2 rings (SSSR count). The van der Waals surface area contributed by atoms with Gasteiger partial charge in [-0.15, -0.1) is 0 Å². The van der Waals surface area contributed by atoms with Gasteiger partial charge in [-0.05, 0) is 39.0 Å². The summed E-state index contributed by atoms with van der Waals surface area (Å²) in [4.78, 5) is 29.1. The Bertz CT molecular complexity index is 480. The molecule has 0 saturated carbocycles. The Morgan fingerprint density at radius 2 is 1.96 bits per heavy atom. The summed E-state index contributed by atoms with van der Waals surface area (Å²) < 4.78 is 12.0. The van der Waals surface area contributed by atoms with Gasteiger partial charge in [-0.1, -0.05) is 13.8 Å². The van der Waals surface area contributed by atoms with Crippen molar-refractivity contribution >= 4 is 22.6 Å². The van der Waals surface area contributed by atoms with Gasteiger partial charge < -0.3 is 9.80 Å². The van der Waals surface area contributed by atoms with E-state index in [4.69, 9.17) is 0 Å². The van der Waals surface area contributed by atoms with Crippen molar-refractivity contribution in [1.82, 2.24) is 9.80 Å². The van der Waals surface area contributed by atoms with Gasteiger partial charge in [-0.25, -0.2) is 0 Å². The van der Waals surface area contributed by atoms with Crippen molar-refractivity contribution in [2.45, 2.75) is 70.7 Å². The van der Waals surface area contributed by atoms with Gasteiger partial charge in [0.15, 0.2) is 0 Å². The molecule has 132 valence electrons. The van der Waals surface area contributed by atoms with Crippen molar-refractivity contribution in [2.75, 3.05) is 18.8 Å². The van der Waals surface area contributed by atoms with E-state index in [-0.39, 0.29) is 29.1 Å². The summed E-state index contributed by atoms with van der Waals surface area (Å²) in [7, 11) is -0.862. The summed E-state index contributed by atoms with van der Waals surface area (Å²) in [5.74, 6) is 1.05. The van der Waals surface area contributed by atoms with Crippen molar-refractivity contribution in [3.05, 3.63) is 0 Å². The van der Waals surface area contributed by atoms with Gasteiger partial charge >= 0.3 is 0 Å². The lowest BCUT2D eigenvalue weighted by atomic mass is 9.97. The maximum atomic E-state index is 13.2. The molecule has 0 aromatic carbocycles. The maximum Gasteiger partial charge on any atom is 0.245 e. The molecule has 0 aromatic heterocycles. The monoisotopic (exact) mass is 342 g/mol. The molecule has 0 aromatic rings. The van der Waals surface area contributed by atoms with E-state index in [1.54, 1.807) is 4.90 Å². The van der Waals surface area contributed by atoms with Crippen molar-refractivity contribution in [1.29, 1.82) is 0 Å². The molecule has 0 radical (unpaired) electrons. The van der Waals surface area contributed by atoms with Gasteiger partial charge in [0.05, 0.1) is 5.25 Å². The second-order valence-electron chi connectivity index (χ2n) is 7.25. The van der Waals surface area contributed by atoms with Crippen molar-refractivity contribution < 1.29 is 13.8 Å². The third-order valence-electron chi connectivity index (χ3n) is 5.12. The average molecular weight is 343 g/mol. The molecule has 2 saturated heterocycles. The van der Waals surface area contributed by atoms with Gasteiger partial charge in [0, 0.05) is 42.1 Å². The van der Waals surface area contributed by atoms with Crippen LogP contribution in [-0.2, 0) is 20.4 Å². The number of piperidine rings is 1. The molecule has 23 heavy (non-hydrogen) atoms. The highest BCUT2D eigenvalue weighted by Gasteiger charge is 2.39. The quantitative estimate of drug-likeness (QED) is 0.782. The van der Waals surface area contributed by atoms with Gasteiger partial charge in [0.25, 0.3) is 0 Å². The first-order chi connectivity index (χ1) is 10.8. The Kier molecular flexibility index (Phi) is 6.23. The fourth-order valence-corrected chi connectivity index (χ4v) is 4.85. The molecule has 2 aliphatic rings. The van der Waals surface area contributed by atoms with Crippen LogP contribution in [0.5, 0.6) is 0 Å². The van der Waals surface area contributed by atoms with Crippen LogP contribution in [0.3, 0.4) is 0 Å². The molecule has 2 heterocycles. The predicted molar refractivity (Wildman–Crippen MR) is 92.5 cm³/mol. The van der Waals surface area contributed by atoms with Gasteiger partial charge in [0.1, 0.15) is 6.04 Å². The van der Waals surface area contributed by atoms with Crippen LogP contribution in [0.4, 0.5) is 0 Å². The van der Waals surface area contributed by atoms with E-state index in [9.17, 15) is 13.8 Å². The van der Waals surface area contributed by atoms with E-state index < -0.39 is 10.8 Å². The molecule has 2 aliphatic heterocycles. The van der Waals surface area contributed by atoms with Crippen LogP contribution < -0.4 is 0 Å². The Morgan fingerprint density at radius 3 is 2.57 bits per heavy atom. The molecular formula is C17H30N2O3S. The number of carbonyl (C=O) groups is 2.